The minimum absolute atomic E-state index is 0.0494. The molecule has 0 spiro atoms. The third-order valence-corrected chi connectivity index (χ3v) is 6.58. The molecule has 1 amide bonds. The average molecular weight is 480 g/mol. The summed E-state index contributed by atoms with van der Waals surface area (Å²) >= 11 is 7.47. The molecule has 0 radical (unpaired) electrons. The summed E-state index contributed by atoms with van der Waals surface area (Å²) in [6.45, 7) is 0. The highest BCUT2D eigenvalue weighted by atomic mass is 35.5. The molecule has 0 fully saturated rings. The quantitative estimate of drug-likeness (QED) is 0.467. The summed E-state index contributed by atoms with van der Waals surface area (Å²) in [6, 6.07) is 9.14. The van der Waals surface area contributed by atoms with Gasteiger partial charge in [-0.1, -0.05) is 11.6 Å². The van der Waals surface area contributed by atoms with E-state index in [-0.39, 0.29) is 10.0 Å². The van der Waals surface area contributed by atoms with Gasteiger partial charge in [0, 0.05) is 23.3 Å². The number of sulfonamides is 1. The molecular formula is C20H18ClN3O5S2. The second-order valence-corrected chi connectivity index (χ2v) is 8.95. The molecule has 2 aromatic carbocycles. The lowest BCUT2D eigenvalue weighted by Crippen LogP contribution is -2.13. The fourth-order valence-corrected chi connectivity index (χ4v) is 4.63. The zero-order chi connectivity index (χ0) is 22.4. The van der Waals surface area contributed by atoms with Crippen LogP contribution < -0.4 is 19.5 Å². The molecule has 162 valence electrons. The molecule has 11 heteroatoms. The lowest BCUT2D eigenvalue weighted by atomic mass is 10.2. The van der Waals surface area contributed by atoms with E-state index in [0.29, 0.717) is 27.8 Å². The van der Waals surface area contributed by atoms with Crippen LogP contribution in [0.3, 0.4) is 0 Å². The van der Waals surface area contributed by atoms with Crippen molar-refractivity contribution in [1.29, 1.82) is 0 Å². The first-order valence-corrected chi connectivity index (χ1v) is 11.5. The fourth-order valence-electron chi connectivity index (χ4n) is 2.55. The molecule has 2 N–H and O–H groups in total. The van der Waals surface area contributed by atoms with E-state index in [1.165, 1.54) is 68.2 Å². The van der Waals surface area contributed by atoms with Crippen LogP contribution in [0.25, 0.3) is 6.08 Å². The number of hydrogen-bond donors (Lipinski definition) is 2. The number of thiazole rings is 1. The Balaban J connectivity index is 1.67. The van der Waals surface area contributed by atoms with Gasteiger partial charge in [-0.15, -0.1) is 11.3 Å². The molecule has 1 aromatic heterocycles. The minimum atomic E-state index is -3.76. The Morgan fingerprint density at radius 3 is 2.48 bits per heavy atom. The van der Waals surface area contributed by atoms with E-state index in [4.69, 9.17) is 21.1 Å². The summed E-state index contributed by atoms with van der Waals surface area (Å²) in [5.41, 5.74) is 1.01. The Morgan fingerprint density at radius 1 is 1.13 bits per heavy atom. The van der Waals surface area contributed by atoms with Crippen molar-refractivity contribution in [3.63, 3.8) is 0 Å². The van der Waals surface area contributed by atoms with Crippen LogP contribution in [0.4, 0.5) is 10.8 Å². The van der Waals surface area contributed by atoms with Crippen LogP contribution in [0.2, 0.25) is 5.02 Å². The molecule has 0 aliphatic rings. The monoisotopic (exact) mass is 479 g/mol. The summed E-state index contributed by atoms with van der Waals surface area (Å²) in [6.07, 6.45) is 4.35. The average Bonchev–Trinajstić information content (AvgIpc) is 3.25. The maximum absolute atomic E-state index is 12.3. The summed E-state index contributed by atoms with van der Waals surface area (Å²) in [5.74, 6) is 0.436. The van der Waals surface area contributed by atoms with E-state index in [1.54, 1.807) is 17.5 Å². The van der Waals surface area contributed by atoms with Gasteiger partial charge in [-0.3, -0.25) is 9.52 Å². The Labute approximate surface area is 188 Å². The van der Waals surface area contributed by atoms with Crippen molar-refractivity contribution in [1.82, 2.24) is 4.98 Å². The number of methoxy groups -OCH3 is 2. The molecule has 0 unspecified atom stereocenters. The molecule has 8 nitrogen and oxygen atoms in total. The van der Waals surface area contributed by atoms with Gasteiger partial charge in [0.25, 0.3) is 10.0 Å². The molecule has 31 heavy (non-hydrogen) atoms. The maximum atomic E-state index is 12.3. The fraction of sp³-hybridized carbons (Fsp3) is 0.100. The number of carbonyl (C=O) groups is 1. The van der Waals surface area contributed by atoms with Gasteiger partial charge in [0.05, 0.1) is 24.1 Å². The number of halogens is 1. The van der Waals surface area contributed by atoms with Crippen LogP contribution in [0.1, 0.15) is 5.56 Å². The number of nitrogens with zero attached hydrogens (tertiary/aromatic N) is 1. The van der Waals surface area contributed by atoms with Gasteiger partial charge in [-0.25, -0.2) is 13.4 Å². The maximum Gasteiger partial charge on any atom is 0.263 e. The molecule has 0 saturated carbocycles. The standard InChI is InChI=1S/C20H18ClN3O5S2/c1-28-16-9-3-13(18(21)19(16)29-2)4-10-17(25)23-14-5-7-15(8-6-14)31(26,27)24-20-22-11-12-30-20/h3-12H,1-2H3,(H,22,24)(H,23,25). The lowest BCUT2D eigenvalue weighted by Gasteiger charge is -2.10. The van der Waals surface area contributed by atoms with Gasteiger partial charge in [0.1, 0.15) is 0 Å². The van der Waals surface area contributed by atoms with Crippen molar-refractivity contribution in [2.45, 2.75) is 4.90 Å². The van der Waals surface area contributed by atoms with E-state index < -0.39 is 15.9 Å². The Kier molecular flexibility index (Phi) is 7.16. The summed E-state index contributed by atoms with van der Waals surface area (Å²) < 4.78 is 37.5. The van der Waals surface area contributed by atoms with Crippen LogP contribution in [-0.4, -0.2) is 33.5 Å². The molecular weight excluding hydrogens is 462 g/mol. The zero-order valence-electron chi connectivity index (χ0n) is 16.5. The van der Waals surface area contributed by atoms with Crippen molar-refractivity contribution in [2.75, 3.05) is 24.3 Å². The van der Waals surface area contributed by atoms with Crippen LogP contribution in [0, 0.1) is 0 Å². The number of carbonyl (C=O) groups excluding carboxylic acids is 1. The van der Waals surface area contributed by atoms with E-state index >= 15 is 0 Å². The van der Waals surface area contributed by atoms with Gasteiger partial charge < -0.3 is 14.8 Å². The number of hydrogen-bond acceptors (Lipinski definition) is 7. The van der Waals surface area contributed by atoms with Crippen molar-refractivity contribution < 1.29 is 22.7 Å². The lowest BCUT2D eigenvalue weighted by molar-refractivity contribution is -0.111. The second-order valence-electron chi connectivity index (χ2n) is 5.99. The smallest absolute Gasteiger partial charge is 0.263 e. The van der Waals surface area contributed by atoms with Crippen molar-refractivity contribution in [3.05, 3.63) is 64.6 Å². The SMILES string of the molecule is COc1ccc(C=CC(=O)Nc2ccc(S(=O)(=O)Nc3nccs3)cc2)c(Cl)c1OC. The number of nitrogens with one attached hydrogen (secondary N) is 2. The largest absolute Gasteiger partial charge is 0.493 e. The third kappa shape index (κ3) is 5.54. The van der Waals surface area contributed by atoms with Gasteiger partial charge in [-0.2, -0.15) is 0 Å². The van der Waals surface area contributed by atoms with Gasteiger partial charge in [0.15, 0.2) is 16.6 Å². The van der Waals surface area contributed by atoms with E-state index in [2.05, 4.69) is 15.0 Å². The number of ether oxygens (including phenoxy) is 2. The van der Waals surface area contributed by atoms with E-state index in [9.17, 15) is 13.2 Å². The Morgan fingerprint density at radius 2 is 1.87 bits per heavy atom. The van der Waals surface area contributed by atoms with Crippen LogP contribution in [0.5, 0.6) is 11.5 Å². The predicted octanol–water partition coefficient (Wildman–Crippen LogP) is 4.27. The van der Waals surface area contributed by atoms with Crippen molar-refractivity contribution in [2.24, 2.45) is 0 Å². The first-order valence-electron chi connectivity index (χ1n) is 8.76. The molecule has 0 bridgehead atoms. The van der Waals surface area contributed by atoms with Gasteiger partial charge in [-0.05, 0) is 48.0 Å². The molecule has 0 aliphatic heterocycles. The summed E-state index contributed by atoms with van der Waals surface area (Å²) in [7, 11) is -0.782. The van der Waals surface area contributed by atoms with Gasteiger partial charge >= 0.3 is 0 Å². The first-order chi connectivity index (χ1) is 14.8. The highest BCUT2D eigenvalue weighted by molar-refractivity contribution is 7.93. The predicted molar refractivity (Wildman–Crippen MR) is 122 cm³/mol. The molecule has 0 saturated heterocycles. The third-order valence-electron chi connectivity index (χ3n) is 4.02. The van der Waals surface area contributed by atoms with Crippen LogP contribution in [0.15, 0.2) is 58.9 Å². The molecule has 3 aromatic rings. The van der Waals surface area contributed by atoms with Crippen LogP contribution in [-0.2, 0) is 14.8 Å². The molecule has 1 heterocycles. The minimum Gasteiger partial charge on any atom is -0.493 e. The number of amides is 1. The number of benzene rings is 2. The van der Waals surface area contributed by atoms with Crippen LogP contribution >= 0.6 is 22.9 Å². The number of rotatable bonds is 8. The summed E-state index contributed by atoms with van der Waals surface area (Å²) in [5, 5.41) is 4.91. The topological polar surface area (TPSA) is 107 Å². The summed E-state index contributed by atoms with van der Waals surface area (Å²) in [4.78, 5) is 16.2. The Bertz CT molecular complexity index is 1190. The highest BCUT2D eigenvalue weighted by Gasteiger charge is 2.15. The first kappa shape index (κ1) is 22.6. The molecule has 0 aliphatic carbocycles. The van der Waals surface area contributed by atoms with Gasteiger partial charge in [0.2, 0.25) is 5.91 Å². The molecule has 0 atom stereocenters. The normalized spacial score (nSPS) is 11.3. The van der Waals surface area contributed by atoms with Crippen molar-refractivity contribution >= 4 is 55.8 Å². The Hall–Kier alpha value is -3.08. The van der Waals surface area contributed by atoms with E-state index in [1.807, 2.05) is 0 Å². The zero-order valence-corrected chi connectivity index (χ0v) is 18.8. The van der Waals surface area contributed by atoms with Crippen molar-refractivity contribution in [3.8, 4) is 11.5 Å². The highest BCUT2D eigenvalue weighted by Crippen LogP contribution is 2.37. The number of anilines is 2. The number of aromatic nitrogens is 1. The molecule has 3 rings (SSSR count). The van der Waals surface area contributed by atoms with E-state index in [0.717, 1.165) is 0 Å². The second kappa shape index (κ2) is 9.82.